The molecule has 8 heteroatoms. The van der Waals surface area contributed by atoms with Crippen molar-refractivity contribution in [2.45, 2.75) is 26.9 Å². The summed E-state index contributed by atoms with van der Waals surface area (Å²) in [7, 11) is 0. The Morgan fingerprint density at radius 3 is 2.95 bits per heavy atom. The van der Waals surface area contributed by atoms with Crippen LogP contribution in [-0.4, -0.2) is 20.6 Å². The van der Waals surface area contributed by atoms with Crippen LogP contribution >= 0.6 is 11.3 Å². The third-order valence-corrected chi connectivity index (χ3v) is 3.94. The van der Waals surface area contributed by atoms with E-state index in [0.717, 1.165) is 4.88 Å². The maximum atomic E-state index is 12.0. The molecule has 1 atom stereocenters. The molecule has 0 saturated heterocycles. The van der Waals surface area contributed by atoms with Crippen molar-refractivity contribution in [3.05, 3.63) is 44.3 Å². The van der Waals surface area contributed by atoms with Gasteiger partial charge in [0.15, 0.2) is 0 Å². The van der Waals surface area contributed by atoms with Crippen molar-refractivity contribution in [3.8, 4) is 0 Å². The number of nitro groups is 1. The molecule has 2 heterocycles. The van der Waals surface area contributed by atoms with Crippen LogP contribution in [0.25, 0.3) is 0 Å². The molecule has 2 rings (SSSR count). The van der Waals surface area contributed by atoms with Gasteiger partial charge in [0.2, 0.25) is 5.91 Å². The van der Waals surface area contributed by atoms with Crippen LogP contribution in [-0.2, 0) is 17.9 Å². The zero-order chi connectivity index (χ0) is 15.4. The van der Waals surface area contributed by atoms with Gasteiger partial charge in [-0.1, -0.05) is 13.0 Å². The Hall–Kier alpha value is -2.22. The molecule has 0 radical (unpaired) electrons. The summed E-state index contributed by atoms with van der Waals surface area (Å²) in [4.78, 5) is 23.2. The molecular formula is C13H16N4O3S. The molecule has 1 amide bonds. The van der Waals surface area contributed by atoms with Gasteiger partial charge in [0.25, 0.3) is 0 Å². The second-order valence-electron chi connectivity index (χ2n) is 4.78. The van der Waals surface area contributed by atoms with Crippen LogP contribution in [0.5, 0.6) is 0 Å². The van der Waals surface area contributed by atoms with Crippen molar-refractivity contribution in [1.29, 1.82) is 0 Å². The van der Waals surface area contributed by atoms with Gasteiger partial charge in [-0.25, -0.2) is 0 Å². The first-order valence-corrected chi connectivity index (χ1v) is 7.34. The van der Waals surface area contributed by atoms with E-state index in [-0.39, 0.29) is 17.6 Å². The number of carbonyl (C=O) groups excluding carboxylic acids is 1. The van der Waals surface area contributed by atoms with Gasteiger partial charge in [0.1, 0.15) is 0 Å². The number of nitrogens with zero attached hydrogens (tertiary/aromatic N) is 3. The first kappa shape index (κ1) is 15.2. The highest BCUT2D eigenvalue weighted by Crippen LogP contribution is 2.13. The Labute approximate surface area is 125 Å². The van der Waals surface area contributed by atoms with E-state index < -0.39 is 4.92 Å². The van der Waals surface area contributed by atoms with Crippen LogP contribution in [0.2, 0.25) is 0 Å². The minimum absolute atomic E-state index is 0.0963. The molecule has 1 N–H and O–H groups in total. The Bertz CT molecular complexity index is 636. The van der Waals surface area contributed by atoms with Crippen LogP contribution in [0.3, 0.4) is 0 Å². The molecule has 0 bridgehead atoms. The van der Waals surface area contributed by atoms with Crippen molar-refractivity contribution in [3.63, 3.8) is 0 Å². The summed E-state index contributed by atoms with van der Waals surface area (Å²) in [5.41, 5.74) is 0.666. The van der Waals surface area contributed by atoms with E-state index in [2.05, 4.69) is 10.4 Å². The topological polar surface area (TPSA) is 90.1 Å². The van der Waals surface area contributed by atoms with Crippen molar-refractivity contribution in [1.82, 2.24) is 15.1 Å². The second-order valence-corrected chi connectivity index (χ2v) is 5.81. The van der Waals surface area contributed by atoms with Crippen LogP contribution in [0.4, 0.5) is 5.82 Å². The summed E-state index contributed by atoms with van der Waals surface area (Å²) in [6.45, 7) is 4.32. The van der Waals surface area contributed by atoms with Crippen LogP contribution in [0, 0.1) is 23.0 Å². The van der Waals surface area contributed by atoms with E-state index in [1.54, 1.807) is 25.2 Å². The lowest BCUT2D eigenvalue weighted by Crippen LogP contribution is -2.31. The number of nitrogens with one attached hydrogen (secondary N) is 1. The SMILES string of the molecule is Cc1cc([N+](=O)[O-])nn1C[C@H](C)C(=O)NCc1cccs1. The number of carbonyl (C=O) groups is 1. The van der Waals surface area contributed by atoms with Gasteiger partial charge >= 0.3 is 5.82 Å². The molecule has 7 nitrogen and oxygen atoms in total. The summed E-state index contributed by atoms with van der Waals surface area (Å²) in [5.74, 6) is -0.609. The molecule has 0 aliphatic heterocycles. The van der Waals surface area contributed by atoms with E-state index in [0.29, 0.717) is 18.8 Å². The largest absolute Gasteiger partial charge is 0.390 e. The van der Waals surface area contributed by atoms with Gasteiger partial charge in [-0.3, -0.25) is 4.79 Å². The highest BCUT2D eigenvalue weighted by atomic mass is 32.1. The fourth-order valence-electron chi connectivity index (χ4n) is 1.87. The number of thiophene rings is 1. The summed E-state index contributed by atoms with van der Waals surface area (Å²) < 4.78 is 1.49. The van der Waals surface area contributed by atoms with Gasteiger partial charge < -0.3 is 15.4 Å². The Morgan fingerprint density at radius 2 is 2.38 bits per heavy atom. The molecule has 21 heavy (non-hydrogen) atoms. The minimum atomic E-state index is -0.537. The fourth-order valence-corrected chi connectivity index (χ4v) is 2.52. The van der Waals surface area contributed by atoms with E-state index >= 15 is 0 Å². The number of hydrogen-bond donors (Lipinski definition) is 1. The number of amides is 1. The molecule has 0 aromatic carbocycles. The van der Waals surface area contributed by atoms with E-state index in [4.69, 9.17) is 0 Å². The molecule has 0 unspecified atom stereocenters. The Morgan fingerprint density at radius 1 is 1.62 bits per heavy atom. The van der Waals surface area contributed by atoms with Gasteiger partial charge in [-0.2, -0.15) is 4.68 Å². The maximum absolute atomic E-state index is 12.0. The molecule has 0 saturated carbocycles. The minimum Gasteiger partial charge on any atom is -0.358 e. The van der Waals surface area contributed by atoms with Gasteiger partial charge in [-0.15, -0.1) is 11.3 Å². The third kappa shape index (κ3) is 3.88. The van der Waals surface area contributed by atoms with E-state index in [1.807, 2.05) is 17.5 Å². The highest BCUT2D eigenvalue weighted by molar-refractivity contribution is 7.09. The predicted molar refractivity (Wildman–Crippen MR) is 78.9 cm³/mol. The standard InChI is InChI=1S/C13H16N4O3S/c1-9(13(18)14-7-11-4-3-5-21-11)8-16-10(2)6-12(15-16)17(19)20/h3-6,9H,7-8H2,1-2H3,(H,14,18)/t9-/m0/s1. The summed E-state index contributed by atoms with van der Waals surface area (Å²) in [6, 6.07) is 5.29. The average Bonchev–Trinajstić information content (AvgIpc) is 3.06. The molecule has 0 fully saturated rings. The Balaban J connectivity index is 1.92. The van der Waals surface area contributed by atoms with Crippen LogP contribution in [0.1, 0.15) is 17.5 Å². The number of hydrogen-bond acceptors (Lipinski definition) is 5. The molecular weight excluding hydrogens is 292 g/mol. The van der Waals surface area contributed by atoms with E-state index in [9.17, 15) is 14.9 Å². The van der Waals surface area contributed by atoms with Gasteiger partial charge in [-0.05, 0) is 23.3 Å². The summed E-state index contributed by atoms with van der Waals surface area (Å²) >= 11 is 1.58. The lowest BCUT2D eigenvalue weighted by molar-refractivity contribution is -0.389. The monoisotopic (exact) mass is 308 g/mol. The number of aromatic nitrogens is 2. The van der Waals surface area contributed by atoms with Crippen molar-refractivity contribution in [2.24, 2.45) is 5.92 Å². The smallest absolute Gasteiger partial charge is 0.358 e. The first-order chi connectivity index (χ1) is 9.97. The lowest BCUT2D eigenvalue weighted by atomic mass is 10.1. The maximum Gasteiger partial charge on any atom is 0.390 e. The van der Waals surface area contributed by atoms with E-state index in [1.165, 1.54) is 10.7 Å². The first-order valence-electron chi connectivity index (χ1n) is 6.46. The molecule has 0 aliphatic carbocycles. The zero-order valence-electron chi connectivity index (χ0n) is 11.8. The lowest BCUT2D eigenvalue weighted by Gasteiger charge is -2.10. The quantitative estimate of drug-likeness (QED) is 0.653. The normalized spacial score (nSPS) is 12.1. The van der Waals surface area contributed by atoms with Crippen LogP contribution < -0.4 is 5.32 Å². The number of aryl methyl sites for hydroxylation is 1. The summed E-state index contributed by atoms with van der Waals surface area (Å²) in [6.07, 6.45) is 0. The molecule has 2 aromatic rings. The molecule has 112 valence electrons. The van der Waals surface area contributed by atoms with Crippen molar-refractivity contribution in [2.75, 3.05) is 0 Å². The zero-order valence-corrected chi connectivity index (χ0v) is 12.6. The van der Waals surface area contributed by atoms with Gasteiger partial charge in [0.05, 0.1) is 35.9 Å². The Kier molecular flexibility index (Phi) is 4.69. The number of rotatable bonds is 6. The fraction of sp³-hybridized carbons (Fsp3) is 0.385. The molecule has 2 aromatic heterocycles. The van der Waals surface area contributed by atoms with Crippen LogP contribution in [0.15, 0.2) is 23.6 Å². The summed E-state index contributed by atoms with van der Waals surface area (Å²) in [5, 5.41) is 19.4. The predicted octanol–water partition coefficient (Wildman–Crippen LogP) is 2.11. The molecule has 0 spiro atoms. The average molecular weight is 308 g/mol. The molecule has 0 aliphatic rings. The second kappa shape index (κ2) is 6.49. The van der Waals surface area contributed by atoms with Crippen molar-refractivity contribution >= 4 is 23.1 Å². The third-order valence-electron chi connectivity index (χ3n) is 3.07. The van der Waals surface area contributed by atoms with Gasteiger partial charge in [0, 0.05) is 4.88 Å². The van der Waals surface area contributed by atoms with Crippen molar-refractivity contribution < 1.29 is 9.72 Å². The highest BCUT2D eigenvalue weighted by Gasteiger charge is 2.20.